The first-order chi connectivity index (χ1) is 12.6. The Morgan fingerprint density at radius 1 is 1.23 bits per heavy atom. The summed E-state index contributed by atoms with van der Waals surface area (Å²) in [5.74, 6) is -0.566. The van der Waals surface area contributed by atoms with E-state index in [4.69, 9.17) is 9.47 Å². The van der Waals surface area contributed by atoms with Crippen LogP contribution in [0.4, 0.5) is 0 Å². The lowest BCUT2D eigenvalue weighted by atomic mass is 9.83. The van der Waals surface area contributed by atoms with Crippen molar-refractivity contribution in [2.75, 3.05) is 7.05 Å². The Morgan fingerprint density at radius 3 is 2.54 bits per heavy atom. The van der Waals surface area contributed by atoms with Crippen LogP contribution in [0.15, 0.2) is 35.0 Å². The van der Waals surface area contributed by atoms with E-state index in [1.54, 1.807) is 12.1 Å². The third kappa shape index (κ3) is 2.57. The van der Waals surface area contributed by atoms with E-state index >= 15 is 0 Å². The average molecular weight is 392 g/mol. The Balaban J connectivity index is 1.38. The maximum absolute atomic E-state index is 13.1. The summed E-state index contributed by atoms with van der Waals surface area (Å²) >= 11 is 2.74. The van der Waals surface area contributed by atoms with Gasteiger partial charge in [-0.3, -0.25) is 4.90 Å². The summed E-state index contributed by atoms with van der Waals surface area (Å²) in [5, 5.41) is 15.1. The molecular weight excluding hydrogens is 370 g/mol. The van der Waals surface area contributed by atoms with Gasteiger partial charge in [-0.25, -0.2) is 4.79 Å². The highest BCUT2D eigenvalue weighted by atomic mass is 32.1. The molecule has 0 spiro atoms. The van der Waals surface area contributed by atoms with Crippen LogP contribution < -0.4 is 0 Å². The first-order valence-electron chi connectivity index (χ1n) is 8.96. The maximum atomic E-state index is 13.1. The van der Waals surface area contributed by atoms with Crippen molar-refractivity contribution >= 4 is 28.6 Å². The Labute approximate surface area is 160 Å². The van der Waals surface area contributed by atoms with Gasteiger partial charge in [-0.2, -0.15) is 0 Å². The summed E-state index contributed by atoms with van der Waals surface area (Å²) in [4.78, 5) is 16.7. The number of epoxide rings is 1. The summed E-state index contributed by atoms with van der Waals surface area (Å²) in [6.45, 7) is 0. The minimum Gasteiger partial charge on any atom is -0.460 e. The molecule has 2 bridgehead atoms. The number of likely N-dealkylation sites (N-methyl/N-ethyl adjacent to an activating group) is 1. The van der Waals surface area contributed by atoms with Crippen molar-refractivity contribution in [3.63, 3.8) is 0 Å². The van der Waals surface area contributed by atoms with Crippen LogP contribution in [0, 0.1) is 0 Å². The number of rotatable bonds is 4. The molecule has 3 fully saturated rings. The number of piperidine rings is 2. The lowest BCUT2D eigenvalue weighted by Gasteiger charge is -2.45. The number of hydrogen-bond donors (Lipinski definition) is 1. The fourth-order valence-electron chi connectivity index (χ4n) is 4.48. The number of aliphatic hydroxyl groups is 1. The third-order valence-electron chi connectivity index (χ3n) is 5.97. The monoisotopic (exact) mass is 391 g/mol. The van der Waals surface area contributed by atoms with E-state index in [1.165, 1.54) is 22.7 Å². The quantitative estimate of drug-likeness (QED) is 0.641. The van der Waals surface area contributed by atoms with Crippen LogP contribution in [0.5, 0.6) is 0 Å². The van der Waals surface area contributed by atoms with E-state index in [2.05, 4.69) is 11.9 Å². The zero-order valence-electron chi connectivity index (χ0n) is 14.4. The summed E-state index contributed by atoms with van der Waals surface area (Å²) in [5.41, 5.74) is -1.72. The van der Waals surface area contributed by atoms with Crippen LogP contribution >= 0.6 is 22.7 Å². The largest absolute Gasteiger partial charge is 0.460 e. The number of esters is 1. The van der Waals surface area contributed by atoms with Gasteiger partial charge in [0.1, 0.15) is 6.10 Å². The van der Waals surface area contributed by atoms with E-state index in [9.17, 15) is 9.90 Å². The van der Waals surface area contributed by atoms with Gasteiger partial charge in [-0.15, -0.1) is 22.7 Å². The standard InChI is InChI=1S/C19H21NO4S2/c1-20-11-8-12(10-13(20)17-14(9-11)24-17)23-18(21)19(22,15-4-2-6-25-15)16-5-3-7-26-16/h2-7,11-14,17,22H,8-10H2,1H3. The highest BCUT2D eigenvalue weighted by molar-refractivity contribution is 7.12. The van der Waals surface area contributed by atoms with Crippen molar-refractivity contribution in [3.8, 4) is 0 Å². The van der Waals surface area contributed by atoms with Gasteiger partial charge < -0.3 is 14.6 Å². The lowest BCUT2D eigenvalue weighted by Crippen LogP contribution is -2.56. The normalized spacial score (nSPS) is 33.5. The number of carbonyl (C=O) groups excluding carboxylic acids is 1. The second-order valence-corrected chi connectivity index (χ2v) is 9.32. The van der Waals surface area contributed by atoms with Crippen molar-refractivity contribution in [1.82, 2.24) is 4.90 Å². The van der Waals surface area contributed by atoms with Crippen LogP contribution in [0.3, 0.4) is 0 Å². The third-order valence-corrected chi connectivity index (χ3v) is 7.93. The minimum atomic E-state index is -1.72. The molecule has 138 valence electrons. The van der Waals surface area contributed by atoms with Gasteiger partial charge in [0, 0.05) is 24.9 Å². The van der Waals surface area contributed by atoms with E-state index < -0.39 is 11.6 Å². The Hall–Kier alpha value is -1.25. The fourth-order valence-corrected chi connectivity index (χ4v) is 6.19. The number of ether oxygens (including phenoxy) is 2. The van der Waals surface area contributed by atoms with Crippen LogP contribution in [-0.4, -0.2) is 53.4 Å². The predicted molar refractivity (Wildman–Crippen MR) is 99.4 cm³/mol. The number of fused-ring (bicyclic) bond motifs is 4. The van der Waals surface area contributed by atoms with Crippen LogP contribution in [0.25, 0.3) is 0 Å². The summed E-state index contributed by atoms with van der Waals surface area (Å²) in [7, 11) is 2.14. The average Bonchev–Trinajstić information content (AvgIpc) is 3.08. The summed E-state index contributed by atoms with van der Waals surface area (Å²) < 4.78 is 11.7. The van der Waals surface area contributed by atoms with Gasteiger partial charge in [0.2, 0.25) is 5.60 Å². The van der Waals surface area contributed by atoms with E-state index in [0.717, 1.165) is 19.3 Å². The first-order valence-corrected chi connectivity index (χ1v) is 10.7. The van der Waals surface area contributed by atoms with Crippen molar-refractivity contribution in [1.29, 1.82) is 0 Å². The molecule has 5 atom stereocenters. The molecule has 0 aromatic carbocycles. The molecule has 7 heteroatoms. The number of carbonyl (C=O) groups is 1. The van der Waals surface area contributed by atoms with Gasteiger partial charge in [0.25, 0.3) is 0 Å². The molecule has 5 nitrogen and oxygen atoms in total. The second-order valence-electron chi connectivity index (χ2n) is 7.43. The number of hydrogen-bond acceptors (Lipinski definition) is 7. The fraction of sp³-hybridized carbons (Fsp3) is 0.526. The number of thiophene rings is 2. The van der Waals surface area contributed by atoms with E-state index in [1.807, 2.05) is 22.9 Å². The van der Waals surface area contributed by atoms with Crippen molar-refractivity contribution < 1.29 is 19.4 Å². The van der Waals surface area contributed by atoms with E-state index in [-0.39, 0.29) is 12.2 Å². The maximum Gasteiger partial charge on any atom is 0.349 e. The first kappa shape index (κ1) is 16.9. The minimum absolute atomic E-state index is 0.176. The second kappa shape index (κ2) is 6.14. The molecule has 5 heterocycles. The van der Waals surface area contributed by atoms with Crippen LogP contribution in [0.1, 0.15) is 29.0 Å². The van der Waals surface area contributed by atoms with Crippen molar-refractivity contribution in [3.05, 3.63) is 44.8 Å². The lowest BCUT2D eigenvalue weighted by molar-refractivity contribution is -0.172. The SMILES string of the molecule is CN1C2CC(OC(=O)C(O)(c3cccs3)c3cccs3)CC1C1OC1C2. The highest BCUT2D eigenvalue weighted by Gasteiger charge is 2.56. The molecule has 2 aromatic rings. The van der Waals surface area contributed by atoms with E-state index in [0.29, 0.717) is 27.9 Å². The zero-order valence-corrected chi connectivity index (χ0v) is 16.0. The van der Waals surface area contributed by atoms with Crippen molar-refractivity contribution in [2.45, 2.75) is 55.3 Å². The van der Waals surface area contributed by atoms with Crippen LogP contribution in [-0.2, 0) is 19.9 Å². The molecule has 26 heavy (non-hydrogen) atoms. The topological polar surface area (TPSA) is 62.3 Å². The molecule has 0 amide bonds. The predicted octanol–water partition coefficient (Wildman–Crippen LogP) is 2.59. The smallest absolute Gasteiger partial charge is 0.349 e. The Bertz CT molecular complexity index is 756. The molecule has 3 aliphatic heterocycles. The van der Waals surface area contributed by atoms with Crippen LogP contribution in [0.2, 0.25) is 0 Å². The highest BCUT2D eigenvalue weighted by Crippen LogP contribution is 2.45. The zero-order chi connectivity index (χ0) is 17.9. The van der Waals surface area contributed by atoms with Crippen molar-refractivity contribution in [2.24, 2.45) is 0 Å². The summed E-state index contributed by atoms with van der Waals surface area (Å²) in [6, 6.07) is 7.95. The molecule has 3 aliphatic rings. The molecule has 5 rings (SSSR count). The van der Waals surface area contributed by atoms with Gasteiger partial charge in [-0.05, 0) is 36.4 Å². The summed E-state index contributed by atoms with van der Waals surface area (Å²) in [6.07, 6.45) is 3.08. The molecule has 2 aromatic heterocycles. The molecule has 0 saturated carbocycles. The molecule has 1 N–H and O–H groups in total. The Kier molecular flexibility index (Phi) is 3.99. The van der Waals surface area contributed by atoms with Gasteiger partial charge in [-0.1, -0.05) is 12.1 Å². The molecular formula is C19H21NO4S2. The van der Waals surface area contributed by atoms with Gasteiger partial charge in [0.15, 0.2) is 0 Å². The molecule has 0 aliphatic carbocycles. The molecule has 5 unspecified atom stereocenters. The molecule has 3 saturated heterocycles. The van der Waals surface area contributed by atoms with Gasteiger partial charge in [0.05, 0.1) is 22.0 Å². The van der Waals surface area contributed by atoms with Gasteiger partial charge >= 0.3 is 5.97 Å². The number of nitrogens with zero attached hydrogens (tertiary/aromatic N) is 1. The Morgan fingerprint density at radius 2 is 1.92 bits per heavy atom. The molecule has 0 radical (unpaired) electrons.